The lowest BCUT2D eigenvalue weighted by atomic mass is 10.1. The first-order chi connectivity index (χ1) is 13.4. The molecule has 9 nitrogen and oxygen atoms in total. The van der Waals surface area contributed by atoms with Crippen molar-refractivity contribution < 1.29 is 13.5 Å². The molecule has 3 heterocycles. The predicted octanol–water partition coefficient (Wildman–Crippen LogP) is 1.71. The lowest BCUT2D eigenvalue weighted by molar-refractivity contribution is 0.145. The maximum absolute atomic E-state index is 12.7. The Labute approximate surface area is 175 Å². The highest BCUT2D eigenvalue weighted by molar-refractivity contribution is 14.1. The van der Waals surface area contributed by atoms with E-state index in [-0.39, 0.29) is 21.1 Å². The molecule has 2 aliphatic rings. The molecule has 0 aromatic carbocycles. The van der Waals surface area contributed by atoms with E-state index < -0.39 is 16.8 Å². The molecule has 28 heavy (non-hydrogen) atoms. The van der Waals surface area contributed by atoms with E-state index in [4.69, 9.17) is 0 Å². The number of rotatable bonds is 5. The van der Waals surface area contributed by atoms with Crippen LogP contribution in [0.15, 0.2) is 12.4 Å². The minimum absolute atomic E-state index is 0.0453. The van der Waals surface area contributed by atoms with Crippen molar-refractivity contribution in [2.45, 2.75) is 53.7 Å². The van der Waals surface area contributed by atoms with Crippen molar-refractivity contribution in [3.05, 3.63) is 23.8 Å². The molecule has 2 fully saturated rings. The zero-order chi connectivity index (χ0) is 19.6. The normalized spacial score (nSPS) is 26.1. The summed E-state index contributed by atoms with van der Waals surface area (Å²) in [6.45, 7) is 1.55. The second-order valence-corrected chi connectivity index (χ2v) is 11.5. The summed E-state index contributed by atoms with van der Waals surface area (Å²) in [7, 11) is -3.43. The second kappa shape index (κ2) is 6.61. The number of hydrogen-bond acceptors (Lipinski definition) is 6. The van der Waals surface area contributed by atoms with Gasteiger partial charge in [0.2, 0.25) is 10.0 Å². The standard InChI is InChI=1S/C17H21IN6O3S/c1-9-6-19-16-15(9)24-14(7-20-16)21-22-17(24)12-4-10(5-13(12)18)23(8-25)28(26,27)11-2-3-11/h6-7,10-13,19,25H,2-5,8H2,1H3/t10-,12+,13-/m1/s1. The van der Waals surface area contributed by atoms with Gasteiger partial charge in [-0.1, -0.05) is 22.6 Å². The Bertz CT molecular complexity index is 1150. The zero-order valence-electron chi connectivity index (χ0n) is 15.3. The third-order valence-electron chi connectivity index (χ3n) is 5.88. The predicted molar refractivity (Wildman–Crippen MR) is 112 cm³/mol. The van der Waals surface area contributed by atoms with Crippen LogP contribution in [0.5, 0.6) is 0 Å². The second-order valence-electron chi connectivity index (χ2n) is 7.70. The zero-order valence-corrected chi connectivity index (χ0v) is 18.3. The topological polar surface area (TPSA) is 116 Å². The number of nitrogens with zero attached hydrogens (tertiary/aromatic N) is 5. The van der Waals surface area contributed by atoms with Crippen molar-refractivity contribution in [1.82, 2.24) is 28.9 Å². The molecule has 11 heteroatoms. The van der Waals surface area contributed by atoms with Crippen LogP contribution in [0, 0.1) is 6.92 Å². The maximum atomic E-state index is 12.7. The van der Waals surface area contributed by atoms with Gasteiger partial charge in [-0.15, -0.1) is 10.2 Å². The summed E-state index contributed by atoms with van der Waals surface area (Å²) in [5, 5.41) is 18.2. The molecule has 0 unspecified atom stereocenters. The van der Waals surface area contributed by atoms with E-state index in [1.807, 2.05) is 17.5 Å². The fraction of sp³-hybridized carbons (Fsp3) is 0.588. The highest BCUT2D eigenvalue weighted by atomic mass is 127. The number of sulfonamides is 1. The van der Waals surface area contributed by atoms with Gasteiger partial charge in [0.1, 0.15) is 12.6 Å². The Morgan fingerprint density at radius 2 is 2.14 bits per heavy atom. The average Bonchev–Trinajstić information content (AvgIpc) is 3.21. The van der Waals surface area contributed by atoms with Crippen LogP contribution in [0.1, 0.15) is 43.0 Å². The molecule has 0 bridgehead atoms. The molecular formula is C17H21IN6O3S. The monoisotopic (exact) mass is 516 g/mol. The first kappa shape index (κ1) is 18.7. The number of aryl methyl sites for hydroxylation is 1. The number of fused-ring (bicyclic) bond motifs is 3. The third kappa shape index (κ3) is 2.77. The van der Waals surface area contributed by atoms with Crippen LogP contribution in [0.25, 0.3) is 16.8 Å². The summed E-state index contributed by atoms with van der Waals surface area (Å²) in [6, 6.07) is -0.223. The molecule has 2 aliphatic carbocycles. The van der Waals surface area contributed by atoms with Crippen molar-refractivity contribution in [3.63, 3.8) is 0 Å². The molecule has 150 valence electrons. The number of aromatic nitrogens is 5. The van der Waals surface area contributed by atoms with E-state index in [1.54, 1.807) is 6.20 Å². The highest BCUT2D eigenvalue weighted by Crippen LogP contribution is 2.44. The smallest absolute Gasteiger partial charge is 0.219 e. The Hall–Kier alpha value is -1.31. The summed E-state index contributed by atoms with van der Waals surface area (Å²) in [5.74, 6) is 0.873. The first-order valence-electron chi connectivity index (χ1n) is 9.35. The SMILES string of the molecule is Cc1c[nH]c2ncc3nnc([C@H]4C[C@@H](N(CO)S(=O)(=O)C5CC5)C[C@H]4I)n3c12. The van der Waals surface area contributed by atoms with Crippen LogP contribution in [0.3, 0.4) is 0 Å². The molecule has 0 spiro atoms. The minimum atomic E-state index is -3.43. The number of aliphatic hydroxyl groups is 1. The van der Waals surface area contributed by atoms with Gasteiger partial charge in [-0.25, -0.2) is 13.4 Å². The van der Waals surface area contributed by atoms with E-state index in [0.29, 0.717) is 31.3 Å². The van der Waals surface area contributed by atoms with Crippen molar-refractivity contribution in [3.8, 4) is 0 Å². The number of halogens is 1. The molecule has 0 amide bonds. The molecule has 3 atom stereocenters. The van der Waals surface area contributed by atoms with Crippen molar-refractivity contribution in [1.29, 1.82) is 0 Å². The Morgan fingerprint density at radius 1 is 1.36 bits per heavy atom. The van der Waals surface area contributed by atoms with Gasteiger partial charge < -0.3 is 10.1 Å². The lowest BCUT2D eigenvalue weighted by Crippen LogP contribution is -2.41. The summed E-state index contributed by atoms with van der Waals surface area (Å²) in [6.07, 6.45) is 6.29. The molecule has 2 N–H and O–H groups in total. The summed E-state index contributed by atoms with van der Waals surface area (Å²) < 4.78 is 29.0. The fourth-order valence-electron chi connectivity index (χ4n) is 4.29. The summed E-state index contributed by atoms with van der Waals surface area (Å²) in [5.41, 5.74) is 3.47. The molecule has 0 saturated heterocycles. The fourth-order valence-corrected chi connectivity index (χ4v) is 7.36. The van der Waals surface area contributed by atoms with Gasteiger partial charge in [-0.3, -0.25) is 4.40 Å². The Morgan fingerprint density at radius 3 is 2.86 bits per heavy atom. The molecule has 0 radical (unpaired) electrons. The minimum Gasteiger partial charge on any atom is -0.380 e. The van der Waals surface area contributed by atoms with E-state index >= 15 is 0 Å². The maximum Gasteiger partial charge on any atom is 0.219 e. The summed E-state index contributed by atoms with van der Waals surface area (Å²) >= 11 is 2.38. The average molecular weight is 516 g/mol. The lowest BCUT2D eigenvalue weighted by Gasteiger charge is -2.26. The number of aromatic amines is 1. The van der Waals surface area contributed by atoms with Gasteiger partial charge in [0.05, 0.1) is 17.0 Å². The van der Waals surface area contributed by atoms with E-state index in [2.05, 4.69) is 42.8 Å². The summed E-state index contributed by atoms with van der Waals surface area (Å²) in [4.78, 5) is 7.57. The molecule has 3 aromatic rings. The van der Waals surface area contributed by atoms with Crippen LogP contribution < -0.4 is 0 Å². The molecule has 3 aromatic heterocycles. The van der Waals surface area contributed by atoms with E-state index in [0.717, 1.165) is 22.6 Å². The number of H-pyrrole nitrogens is 1. The molecular weight excluding hydrogens is 495 g/mol. The number of nitrogens with one attached hydrogen (secondary N) is 1. The van der Waals surface area contributed by atoms with Crippen molar-refractivity contribution in [2.75, 3.05) is 6.73 Å². The Balaban J connectivity index is 1.54. The van der Waals surface area contributed by atoms with Crippen LogP contribution in [0.4, 0.5) is 0 Å². The van der Waals surface area contributed by atoms with Gasteiger partial charge in [-0.05, 0) is 38.2 Å². The van der Waals surface area contributed by atoms with Gasteiger partial charge in [-0.2, -0.15) is 4.31 Å². The number of hydrogen-bond donors (Lipinski definition) is 2. The first-order valence-corrected chi connectivity index (χ1v) is 12.1. The quantitative estimate of drug-likeness (QED) is 0.303. The molecule has 2 saturated carbocycles. The van der Waals surface area contributed by atoms with Gasteiger partial charge >= 0.3 is 0 Å². The van der Waals surface area contributed by atoms with Crippen LogP contribution >= 0.6 is 22.6 Å². The molecule has 0 aliphatic heterocycles. The van der Waals surface area contributed by atoms with Crippen LogP contribution in [0.2, 0.25) is 0 Å². The Kier molecular flexibility index (Phi) is 4.41. The third-order valence-corrected chi connectivity index (χ3v) is 9.64. The largest absolute Gasteiger partial charge is 0.380 e. The van der Waals surface area contributed by atoms with Crippen LogP contribution in [-0.4, -0.2) is 64.3 Å². The van der Waals surface area contributed by atoms with Gasteiger partial charge in [0.25, 0.3) is 0 Å². The van der Waals surface area contributed by atoms with Crippen LogP contribution in [-0.2, 0) is 10.0 Å². The van der Waals surface area contributed by atoms with Crippen molar-refractivity contribution >= 4 is 49.4 Å². The van der Waals surface area contributed by atoms with E-state index in [9.17, 15) is 13.5 Å². The van der Waals surface area contributed by atoms with E-state index in [1.165, 1.54) is 4.31 Å². The number of aliphatic hydroxyl groups excluding tert-OH is 1. The van der Waals surface area contributed by atoms with Gasteiger partial charge in [0.15, 0.2) is 11.3 Å². The molecule has 5 rings (SSSR count). The van der Waals surface area contributed by atoms with Gasteiger partial charge in [0, 0.05) is 22.1 Å². The van der Waals surface area contributed by atoms with Crippen molar-refractivity contribution in [2.24, 2.45) is 0 Å². The highest BCUT2D eigenvalue weighted by Gasteiger charge is 2.47. The number of alkyl halides is 1.